The summed E-state index contributed by atoms with van der Waals surface area (Å²) in [5, 5.41) is 0.238. The van der Waals surface area contributed by atoms with E-state index in [2.05, 4.69) is 54.8 Å². The van der Waals surface area contributed by atoms with E-state index in [-0.39, 0.29) is 5.04 Å². The molecule has 0 aliphatic rings. The third-order valence-electron chi connectivity index (χ3n) is 3.33. The minimum absolute atomic E-state index is 0.238. The van der Waals surface area contributed by atoms with Gasteiger partial charge in [0.25, 0.3) is 0 Å². The SMILES string of the molecule is CC(C)(C)[Si](C)(C)OCCOc1cccnc1Br. The van der Waals surface area contributed by atoms with Crippen LogP contribution in [0, 0.1) is 0 Å². The molecule has 0 atom stereocenters. The fourth-order valence-electron chi connectivity index (χ4n) is 1.14. The van der Waals surface area contributed by atoms with Gasteiger partial charge in [0.1, 0.15) is 11.2 Å². The van der Waals surface area contributed by atoms with E-state index in [9.17, 15) is 0 Å². The highest BCUT2D eigenvalue weighted by Crippen LogP contribution is 2.36. The van der Waals surface area contributed by atoms with Gasteiger partial charge in [-0.05, 0) is 46.2 Å². The normalized spacial score (nSPS) is 12.6. The molecule has 3 nitrogen and oxygen atoms in total. The van der Waals surface area contributed by atoms with Crippen molar-refractivity contribution in [2.75, 3.05) is 13.2 Å². The second-order valence-electron chi connectivity index (χ2n) is 5.75. The number of hydrogen-bond donors (Lipinski definition) is 0. The summed E-state index contributed by atoms with van der Waals surface area (Å²) in [5.41, 5.74) is 0. The Labute approximate surface area is 119 Å². The molecule has 5 heteroatoms. The zero-order valence-corrected chi connectivity index (χ0v) is 14.4. The van der Waals surface area contributed by atoms with E-state index in [1.165, 1.54) is 0 Å². The third-order valence-corrected chi connectivity index (χ3v) is 8.47. The molecule has 0 saturated carbocycles. The molecule has 0 aliphatic heterocycles. The molecular formula is C13H22BrNO2Si. The van der Waals surface area contributed by atoms with Gasteiger partial charge in [-0.2, -0.15) is 0 Å². The molecule has 0 fully saturated rings. The van der Waals surface area contributed by atoms with E-state index < -0.39 is 8.32 Å². The van der Waals surface area contributed by atoms with Crippen molar-refractivity contribution in [1.29, 1.82) is 0 Å². The first-order valence-corrected chi connectivity index (χ1v) is 9.81. The van der Waals surface area contributed by atoms with Gasteiger partial charge in [0.05, 0.1) is 6.61 Å². The van der Waals surface area contributed by atoms with Gasteiger partial charge in [0, 0.05) is 6.20 Å². The molecule has 0 radical (unpaired) electrons. The molecule has 0 saturated heterocycles. The maximum Gasteiger partial charge on any atom is 0.192 e. The summed E-state index contributed by atoms with van der Waals surface area (Å²) in [5.74, 6) is 0.760. The minimum Gasteiger partial charge on any atom is -0.488 e. The van der Waals surface area contributed by atoms with E-state index >= 15 is 0 Å². The number of hydrogen-bond acceptors (Lipinski definition) is 3. The maximum atomic E-state index is 6.03. The van der Waals surface area contributed by atoms with Crippen molar-refractivity contribution in [3.05, 3.63) is 22.9 Å². The summed E-state index contributed by atoms with van der Waals surface area (Å²) >= 11 is 3.35. The maximum absolute atomic E-state index is 6.03. The molecule has 0 unspecified atom stereocenters. The van der Waals surface area contributed by atoms with Crippen molar-refractivity contribution in [2.24, 2.45) is 0 Å². The first-order chi connectivity index (χ1) is 8.24. The van der Waals surface area contributed by atoms with Crippen LogP contribution in [0.2, 0.25) is 18.1 Å². The van der Waals surface area contributed by atoms with Crippen LogP contribution < -0.4 is 4.74 Å². The second-order valence-corrected chi connectivity index (χ2v) is 11.3. The first-order valence-electron chi connectivity index (χ1n) is 6.11. The summed E-state index contributed by atoms with van der Waals surface area (Å²) in [7, 11) is -1.66. The van der Waals surface area contributed by atoms with Crippen molar-refractivity contribution in [3.63, 3.8) is 0 Å². The van der Waals surface area contributed by atoms with Crippen LogP contribution in [0.5, 0.6) is 5.75 Å². The van der Waals surface area contributed by atoms with Gasteiger partial charge in [0.2, 0.25) is 0 Å². The van der Waals surface area contributed by atoms with E-state index in [0.29, 0.717) is 13.2 Å². The Morgan fingerprint density at radius 2 is 1.94 bits per heavy atom. The van der Waals surface area contributed by atoms with Crippen LogP contribution in [0.25, 0.3) is 0 Å². The largest absolute Gasteiger partial charge is 0.488 e. The molecule has 0 aliphatic carbocycles. The summed E-state index contributed by atoms with van der Waals surface area (Å²) in [6, 6.07) is 3.75. The van der Waals surface area contributed by atoms with Gasteiger partial charge < -0.3 is 9.16 Å². The Balaban J connectivity index is 2.38. The lowest BCUT2D eigenvalue weighted by molar-refractivity contribution is 0.202. The Morgan fingerprint density at radius 1 is 1.28 bits per heavy atom. The smallest absolute Gasteiger partial charge is 0.192 e. The lowest BCUT2D eigenvalue weighted by Crippen LogP contribution is -2.41. The highest BCUT2D eigenvalue weighted by Gasteiger charge is 2.36. The van der Waals surface area contributed by atoms with Crippen LogP contribution in [0.15, 0.2) is 22.9 Å². The fraction of sp³-hybridized carbons (Fsp3) is 0.615. The Kier molecular flexibility index (Phi) is 5.37. The topological polar surface area (TPSA) is 31.4 Å². The van der Waals surface area contributed by atoms with Gasteiger partial charge in [-0.3, -0.25) is 0 Å². The van der Waals surface area contributed by atoms with Crippen LogP contribution in [-0.2, 0) is 4.43 Å². The Morgan fingerprint density at radius 3 is 2.50 bits per heavy atom. The quantitative estimate of drug-likeness (QED) is 0.459. The summed E-state index contributed by atoms with van der Waals surface area (Å²) in [6.45, 7) is 12.4. The monoisotopic (exact) mass is 331 g/mol. The number of ether oxygens (including phenoxy) is 1. The number of halogens is 1. The van der Waals surface area contributed by atoms with Crippen molar-refractivity contribution in [1.82, 2.24) is 4.98 Å². The Bertz CT molecular complexity index is 391. The first kappa shape index (κ1) is 15.7. The molecule has 0 N–H and O–H groups in total. The Hall–Kier alpha value is -0.393. The lowest BCUT2D eigenvalue weighted by Gasteiger charge is -2.36. The number of rotatable bonds is 5. The predicted molar refractivity (Wildman–Crippen MR) is 80.6 cm³/mol. The summed E-state index contributed by atoms with van der Waals surface area (Å²) < 4.78 is 12.4. The molecule has 1 rings (SSSR count). The zero-order chi connectivity index (χ0) is 13.8. The highest BCUT2D eigenvalue weighted by atomic mass is 79.9. The van der Waals surface area contributed by atoms with Crippen molar-refractivity contribution < 1.29 is 9.16 Å². The van der Waals surface area contributed by atoms with E-state index in [0.717, 1.165) is 10.4 Å². The molecular weight excluding hydrogens is 310 g/mol. The van der Waals surface area contributed by atoms with E-state index in [4.69, 9.17) is 9.16 Å². The minimum atomic E-state index is -1.66. The van der Waals surface area contributed by atoms with Gasteiger partial charge >= 0.3 is 0 Å². The van der Waals surface area contributed by atoms with Crippen molar-refractivity contribution >= 4 is 24.2 Å². The molecule has 0 aromatic carbocycles. The lowest BCUT2D eigenvalue weighted by atomic mass is 10.2. The summed E-state index contributed by atoms with van der Waals surface area (Å²) in [4.78, 5) is 4.11. The second kappa shape index (κ2) is 6.17. The third kappa shape index (κ3) is 4.37. The predicted octanol–water partition coefficient (Wildman–Crippen LogP) is 4.24. The fourth-order valence-corrected chi connectivity index (χ4v) is 2.54. The molecule has 0 bridgehead atoms. The van der Waals surface area contributed by atoms with Crippen LogP contribution >= 0.6 is 15.9 Å². The molecule has 1 aromatic rings. The number of pyridine rings is 1. The molecule has 18 heavy (non-hydrogen) atoms. The van der Waals surface area contributed by atoms with Crippen LogP contribution in [0.4, 0.5) is 0 Å². The molecule has 0 spiro atoms. The summed E-state index contributed by atoms with van der Waals surface area (Å²) in [6.07, 6.45) is 1.73. The van der Waals surface area contributed by atoms with Gasteiger partial charge in [0.15, 0.2) is 14.1 Å². The van der Waals surface area contributed by atoms with Crippen molar-refractivity contribution in [3.8, 4) is 5.75 Å². The van der Waals surface area contributed by atoms with Crippen LogP contribution in [0.1, 0.15) is 20.8 Å². The molecule has 102 valence electrons. The van der Waals surface area contributed by atoms with Gasteiger partial charge in [-0.1, -0.05) is 20.8 Å². The highest BCUT2D eigenvalue weighted by molar-refractivity contribution is 9.10. The average molecular weight is 332 g/mol. The van der Waals surface area contributed by atoms with Gasteiger partial charge in [-0.25, -0.2) is 4.98 Å². The standard InChI is InChI=1S/C13H22BrNO2Si/c1-13(2,3)18(4,5)17-10-9-16-11-7-6-8-15-12(11)14/h6-8H,9-10H2,1-5H3. The van der Waals surface area contributed by atoms with E-state index in [1.54, 1.807) is 6.20 Å². The van der Waals surface area contributed by atoms with Crippen molar-refractivity contribution in [2.45, 2.75) is 38.9 Å². The van der Waals surface area contributed by atoms with Crippen LogP contribution in [0.3, 0.4) is 0 Å². The molecule has 1 aromatic heterocycles. The number of aromatic nitrogens is 1. The van der Waals surface area contributed by atoms with Gasteiger partial charge in [-0.15, -0.1) is 0 Å². The van der Waals surface area contributed by atoms with Crippen LogP contribution in [-0.4, -0.2) is 26.5 Å². The molecule has 0 amide bonds. The van der Waals surface area contributed by atoms with E-state index in [1.807, 2.05) is 12.1 Å². The molecule has 1 heterocycles. The number of nitrogens with zero attached hydrogens (tertiary/aromatic N) is 1. The zero-order valence-electron chi connectivity index (χ0n) is 11.8. The average Bonchev–Trinajstić information content (AvgIpc) is 2.25.